The SMILES string of the molecule is CC(C(=O)O)c1cccc(Cl)c1O. The summed E-state index contributed by atoms with van der Waals surface area (Å²) in [5.41, 5.74) is 0.333. The first kappa shape index (κ1) is 9.86. The number of para-hydroxylation sites is 1. The molecule has 13 heavy (non-hydrogen) atoms. The largest absolute Gasteiger partial charge is 0.506 e. The highest BCUT2D eigenvalue weighted by molar-refractivity contribution is 6.32. The summed E-state index contributed by atoms with van der Waals surface area (Å²) in [6.07, 6.45) is 0. The molecule has 0 spiro atoms. The number of carboxylic acids is 1. The minimum absolute atomic E-state index is 0.154. The molecule has 0 aliphatic carbocycles. The second kappa shape index (κ2) is 3.66. The van der Waals surface area contributed by atoms with Crippen LogP contribution in [0.15, 0.2) is 18.2 Å². The van der Waals surface area contributed by atoms with Gasteiger partial charge in [-0.2, -0.15) is 0 Å². The first-order valence-electron chi connectivity index (χ1n) is 3.74. The maximum absolute atomic E-state index is 10.6. The van der Waals surface area contributed by atoms with Gasteiger partial charge in [0.05, 0.1) is 10.9 Å². The minimum Gasteiger partial charge on any atom is -0.506 e. The molecule has 1 atom stereocenters. The Balaban J connectivity index is 3.15. The molecule has 1 aromatic rings. The molecule has 0 aliphatic heterocycles. The van der Waals surface area contributed by atoms with Crippen LogP contribution >= 0.6 is 11.6 Å². The lowest BCUT2D eigenvalue weighted by atomic mass is 10.0. The van der Waals surface area contributed by atoms with Gasteiger partial charge in [0.15, 0.2) is 0 Å². The van der Waals surface area contributed by atoms with E-state index in [0.29, 0.717) is 5.56 Å². The standard InChI is InChI=1S/C9H9ClO3/c1-5(9(12)13)6-3-2-4-7(10)8(6)11/h2-5,11H,1H3,(H,12,13). The van der Waals surface area contributed by atoms with Crippen molar-refractivity contribution >= 4 is 17.6 Å². The fourth-order valence-corrected chi connectivity index (χ4v) is 1.20. The molecule has 2 N–H and O–H groups in total. The molecule has 1 rings (SSSR count). The Morgan fingerprint density at radius 2 is 2.15 bits per heavy atom. The summed E-state index contributed by atoms with van der Waals surface area (Å²) in [4.78, 5) is 10.6. The number of halogens is 1. The van der Waals surface area contributed by atoms with Crippen LogP contribution in [0.4, 0.5) is 0 Å². The number of benzene rings is 1. The molecule has 70 valence electrons. The third kappa shape index (κ3) is 1.92. The number of rotatable bonds is 2. The topological polar surface area (TPSA) is 57.5 Å². The molecule has 0 saturated heterocycles. The van der Waals surface area contributed by atoms with E-state index in [9.17, 15) is 9.90 Å². The van der Waals surface area contributed by atoms with Crippen molar-refractivity contribution in [1.29, 1.82) is 0 Å². The molecule has 4 heteroatoms. The van der Waals surface area contributed by atoms with E-state index in [1.807, 2.05) is 0 Å². The van der Waals surface area contributed by atoms with Crippen molar-refractivity contribution in [2.75, 3.05) is 0 Å². The number of phenolic OH excluding ortho intramolecular Hbond substituents is 1. The molecule has 3 nitrogen and oxygen atoms in total. The molecule has 0 fully saturated rings. The van der Waals surface area contributed by atoms with E-state index in [0.717, 1.165) is 0 Å². The van der Waals surface area contributed by atoms with Gasteiger partial charge in [-0.3, -0.25) is 4.79 Å². The summed E-state index contributed by atoms with van der Waals surface area (Å²) in [7, 11) is 0. The third-order valence-corrected chi connectivity index (χ3v) is 2.16. The number of aromatic hydroxyl groups is 1. The average molecular weight is 201 g/mol. The van der Waals surface area contributed by atoms with Crippen LogP contribution in [-0.4, -0.2) is 16.2 Å². The molecular weight excluding hydrogens is 192 g/mol. The van der Waals surface area contributed by atoms with Crippen LogP contribution in [0.25, 0.3) is 0 Å². The molecule has 0 saturated carbocycles. The first-order chi connectivity index (χ1) is 6.04. The van der Waals surface area contributed by atoms with E-state index in [4.69, 9.17) is 16.7 Å². The fourth-order valence-electron chi connectivity index (χ4n) is 1.01. The maximum atomic E-state index is 10.6. The molecule has 0 radical (unpaired) electrons. The van der Waals surface area contributed by atoms with Gasteiger partial charge in [0.1, 0.15) is 5.75 Å². The molecule has 0 bridgehead atoms. The summed E-state index contributed by atoms with van der Waals surface area (Å²) >= 11 is 5.62. The lowest BCUT2D eigenvalue weighted by Gasteiger charge is -2.09. The number of hydrogen-bond donors (Lipinski definition) is 2. The van der Waals surface area contributed by atoms with E-state index >= 15 is 0 Å². The van der Waals surface area contributed by atoms with Crippen LogP contribution < -0.4 is 0 Å². The Morgan fingerprint density at radius 1 is 1.54 bits per heavy atom. The predicted octanol–water partition coefficient (Wildman–Crippen LogP) is 2.23. The fraction of sp³-hybridized carbons (Fsp3) is 0.222. The van der Waals surface area contributed by atoms with Crippen molar-refractivity contribution in [3.63, 3.8) is 0 Å². The monoisotopic (exact) mass is 200 g/mol. The maximum Gasteiger partial charge on any atom is 0.310 e. The lowest BCUT2D eigenvalue weighted by molar-refractivity contribution is -0.138. The Bertz CT molecular complexity index is 336. The lowest BCUT2D eigenvalue weighted by Crippen LogP contribution is -2.07. The number of carbonyl (C=O) groups is 1. The molecule has 0 aliphatic rings. The van der Waals surface area contributed by atoms with Crippen LogP contribution in [-0.2, 0) is 4.79 Å². The summed E-state index contributed by atoms with van der Waals surface area (Å²) in [6.45, 7) is 1.49. The third-order valence-electron chi connectivity index (χ3n) is 1.85. The normalized spacial score (nSPS) is 12.5. The van der Waals surface area contributed by atoms with Crippen LogP contribution in [0.2, 0.25) is 5.02 Å². The smallest absolute Gasteiger partial charge is 0.310 e. The van der Waals surface area contributed by atoms with Gasteiger partial charge in [-0.25, -0.2) is 0 Å². The zero-order valence-electron chi connectivity index (χ0n) is 6.99. The van der Waals surface area contributed by atoms with Crippen LogP contribution in [0.1, 0.15) is 18.4 Å². The number of aliphatic carboxylic acids is 1. The van der Waals surface area contributed by atoms with Gasteiger partial charge in [-0.05, 0) is 13.0 Å². The van der Waals surface area contributed by atoms with Gasteiger partial charge in [-0.15, -0.1) is 0 Å². The van der Waals surface area contributed by atoms with Crippen molar-refractivity contribution in [2.45, 2.75) is 12.8 Å². The van der Waals surface area contributed by atoms with E-state index in [2.05, 4.69) is 0 Å². The van der Waals surface area contributed by atoms with Crippen molar-refractivity contribution in [3.8, 4) is 5.75 Å². The highest BCUT2D eigenvalue weighted by Gasteiger charge is 2.18. The van der Waals surface area contributed by atoms with Crippen LogP contribution in [0.5, 0.6) is 5.75 Å². The molecule has 1 unspecified atom stereocenters. The predicted molar refractivity (Wildman–Crippen MR) is 49.2 cm³/mol. The number of phenols is 1. The Hall–Kier alpha value is -1.22. The van der Waals surface area contributed by atoms with Gasteiger partial charge in [-0.1, -0.05) is 23.7 Å². The first-order valence-corrected chi connectivity index (χ1v) is 4.12. The van der Waals surface area contributed by atoms with Gasteiger partial charge in [0.25, 0.3) is 0 Å². The van der Waals surface area contributed by atoms with E-state index < -0.39 is 11.9 Å². The minimum atomic E-state index is -0.988. The van der Waals surface area contributed by atoms with Gasteiger partial charge < -0.3 is 10.2 Å². The molecule has 0 heterocycles. The number of hydrogen-bond acceptors (Lipinski definition) is 2. The summed E-state index contributed by atoms with van der Waals surface area (Å²) in [5, 5.41) is 18.3. The molecule has 0 aromatic heterocycles. The van der Waals surface area contributed by atoms with Crippen molar-refractivity contribution < 1.29 is 15.0 Å². The summed E-state index contributed by atoms with van der Waals surface area (Å²) in [6, 6.07) is 4.66. The van der Waals surface area contributed by atoms with Gasteiger partial charge in [0, 0.05) is 5.56 Å². The Morgan fingerprint density at radius 3 is 2.69 bits per heavy atom. The Labute approximate surface area is 80.6 Å². The van der Waals surface area contributed by atoms with E-state index in [1.54, 1.807) is 12.1 Å². The van der Waals surface area contributed by atoms with Crippen LogP contribution in [0, 0.1) is 0 Å². The van der Waals surface area contributed by atoms with Gasteiger partial charge in [0.2, 0.25) is 0 Å². The number of carboxylic acid groups (broad SMARTS) is 1. The van der Waals surface area contributed by atoms with E-state index in [1.165, 1.54) is 13.0 Å². The molecular formula is C9H9ClO3. The highest BCUT2D eigenvalue weighted by atomic mass is 35.5. The molecule has 0 amide bonds. The highest BCUT2D eigenvalue weighted by Crippen LogP contribution is 2.32. The quantitative estimate of drug-likeness (QED) is 0.770. The average Bonchev–Trinajstić information content (AvgIpc) is 2.08. The van der Waals surface area contributed by atoms with Crippen molar-refractivity contribution in [3.05, 3.63) is 28.8 Å². The second-order valence-corrected chi connectivity index (χ2v) is 3.14. The van der Waals surface area contributed by atoms with E-state index in [-0.39, 0.29) is 10.8 Å². The summed E-state index contributed by atoms with van der Waals surface area (Å²) < 4.78 is 0. The van der Waals surface area contributed by atoms with Crippen molar-refractivity contribution in [1.82, 2.24) is 0 Å². The summed E-state index contributed by atoms with van der Waals surface area (Å²) in [5.74, 6) is -1.89. The Kier molecular flexibility index (Phi) is 2.78. The van der Waals surface area contributed by atoms with Gasteiger partial charge >= 0.3 is 5.97 Å². The second-order valence-electron chi connectivity index (χ2n) is 2.74. The van der Waals surface area contributed by atoms with Crippen molar-refractivity contribution in [2.24, 2.45) is 0 Å². The van der Waals surface area contributed by atoms with Crippen LogP contribution in [0.3, 0.4) is 0 Å². The zero-order chi connectivity index (χ0) is 10.0. The zero-order valence-corrected chi connectivity index (χ0v) is 7.75. The molecule has 1 aromatic carbocycles.